The second kappa shape index (κ2) is 6.72. The van der Waals surface area contributed by atoms with Crippen LogP contribution in [0.25, 0.3) is 0 Å². The van der Waals surface area contributed by atoms with Gasteiger partial charge < -0.3 is 10.1 Å². The Morgan fingerprint density at radius 3 is 2.94 bits per heavy atom. The van der Waals surface area contributed by atoms with Crippen LogP contribution in [0.4, 0.5) is 0 Å². The van der Waals surface area contributed by atoms with Crippen LogP contribution < -0.4 is 5.32 Å². The quantitative estimate of drug-likeness (QED) is 0.794. The second-order valence-electron chi connectivity index (χ2n) is 5.76. The van der Waals surface area contributed by atoms with E-state index in [9.17, 15) is 0 Å². The molecule has 0 bridgehead atoms. The molecule has 0 radical (unpaired) electrons. The molecule has 0 aromatic heterocycles. The van der Waals surface area contributed by atoms with Gasteiger partial charge in [0.15, 0.2) is 0 Å². The monoisotopic (exact) mass is 240 g/mol. The zero-order chi connectivity index (χ0) is 12.1. The summed E-state index contributed by atoms with van der Waals surface area (Å²) in [6, 6.07) is 1.42. The fourth-order valence-electron chi connectivity index (χ4n) is 3.01. The normalized spacial score (nSPS) is 35.3. The van der Waals surface area contributed by atoms with Crippen LogP contribution in [0.15, 0.2) is 0 Å². The van der Waals surface area contributed by atoms with E-state index in [1.165, 1.54) is 38.8 Å². The van der Waals surface area contributed by atoms with Crippen molar-refractivity contribution in [3.8, 4) is 0 Å². The summed E-state index contributed by atoms with van der Waals surface area (Å²) in [4.78, 5) is 2.68. The molecule has 0 aliphatic carbocycles. The standard InChI is InChI=1S/C14H28N2O/c1-3-4-14-10-16(12(2)9-15-14)7-5-13-6-8-17-11-13/h12-15H,3-11H2,1-2H3. The van der Waals surface area contributed by atoms with Gasteiger partial charge in [-0.05, 0) is 38.6 Å². The fourth-order valence-corrected chi connectivity index (χ4v) is 3.01. The van der Waals surface area contributed by atoms with Gasteiger partial charge in [0.2, 0.25) is 0 Å². The fraction of sp³-hybridized carbons (Fsp3) is 1.00. The van der Waals surface area contributed by atoms with Crippen molar-refractivity contribution in [2.24, 2.45) is 5.92 Å². The molecule has 2 aliphatic heterocycles. The van der Waals surface area contributed by atoms with Crippen LogP contribution in [-0.4, -0.2) is 49.8 Å². The predicted octanol–water partition coefficient (Wildman–Crippen LogP) is 1.88. The highest BCUT2D eigenvalue weighted by atomic mass is 16.5. The molecule has 2 rings (SSSR count). The van der Waals surface area contributed by atoms with E-state index in [-0.39, 0.29) is 0 Å². The van der Waals surface area contributed by atoms with Crippen LogP contribution in [0.2, 0.25) is 0 Å². The first-order chi connectivity index (χ1) is 8.29. The lowest BCUT2D eigenvalue weighted by atomic mass is 10.0. The van der Waals surface area contributed by atoms with E-state index >= 15 is 0 Å². The molecule has 2 aliphatic rings. The summed E-state index contributed by atoms with van der Waals surface area (Å²) >= 11 is 0. The van der Waals surface area contributed by atoms with Gasteiger partial charge in [-0.15, -0.1) is 0 Å². The molecule has 100 valence electrons. The molecular weight excluding hydrogens is 212 g/mol. The lowest BCUT2D eigenvalue weighted by Crippen LogP contribution is -2.55. The Kier molecular flexibility index (Phi) is 5.26. The second-order valence-corrected chi connectivity index (χ2v) is 5.76. The third-order valence-electron chi connectivity index (χ3n) is 4.27. The Morgan fingerprint density at radius 2 is 2.24 bits per heavy atom. The molecule has 3 heteroatoms. The van der Waals surface area contributed by atoms with Crippen molar-refractivity contribution in [3.05, 3.63) is 0 Å². The molecule has 0 spiro atoms. The minimum absolute atomic E-state index is 0.699. The average molecular weight is 240 g/mol. The van der Waals surface area contributed by atoms with E-state index in [0.717, 1.165) is 31.7 Å². The number of nitrogens with one attached hydrogen (secondary N) is 1. The van der Waals surface area contributed by atoms with E-state index in [1.807, 2.05) is 0 Å². The van der Waals surface area contributed by atoms with Crippen LogP contribution in [-0.2, 0) is 4.74 Å². The smallest absolute Gasteiger partial charge is 0.0495 e. The molecule has 2 saturated heterocycles. The summed E-state index contributed by atoms with van der Waals surface area (Å²) in [5.74, 6) is 0.821. The molecule has 0 amide bonds. The van der Waals surface area contributed by atoms with Gasteiger partial charge in [0.1, 0.15) is 0 Å². The third kappa shape index (κ3) is 3.94. The van der Waals surface area contributed by atoms with E-state index < -0.39 is 0 Å². The average Bonchev–Trinajstić information content (AvgIpc) is 2.83. The number of ether oxygens (including phenoxy) is 1. The number of rotatable bonds is 5. The Morgan fingerprint density at radius 1 is 1.35 bits per heavy atom. The summed E-state index contributed by atoms with van der Waals surface area (Å²) in [6.45, 7) is 10.3. The highest BCUT2D eigenvalue weighted by molar-refractivity contribution is 4.84. The van der Waals surface area contributed by atoms with E-state index in [4.69, 9.17) is 4.74 Å². The van der Waals surface area contributed by atoms with Gasteiger partial charge in [-0.25, -0.2) is 0 Å². The maximum atomic E-state index is 5.45. The van der Waals surface area contributed by atoms with Crippen molar-refractivity contribution in [2.45, 2.75) is 51.6 Å². The summed E-state index contributed by atoms with van der Waals surface area (Å²) in [5.41, 5.74) is 0. The molecule has 0 aromatic rings. The van der Waals surface area contributed by atoms with Gasteiger partial charge in [0, 0.05) is 38.4 Å². The van der Waals surface area contributed by atoms with Gasteiger partial charge in [0.25, 0.3) is 0 Å². The number of nitrogens with zero attached hydrogens (tertiary/aromatic N) is 1. The van der Waals surface area contributed by atoms with Crippen molar-refractivity contribution in [1.29, 1.82) is 0 Å². The molecule has 0 saturated carbocycles. The minimum atomic E-state index is 0.699. The van der Waals surface area contributed by atoms with Crippen LogP contribution in [0.1, 0.15) is 39.5 Å². The SMILES string of the molecule is CCCC1CN(CCC2CCOC2)C(C)CN1. The molecule has 0 aromatic carbocycles. The number of hydrogen-bond acceptors (Lipinski definition) is 3. The summed E-state index contributed by atoms with van der Waals surface area (Å²) in [6.07, 6.45) is 5.20. The zero-order valence-corrected chi connectivity index (χ0v) is 11.5. The Bertz CT molecular complexity index is 216. The predicted molar refractivity (Wildman–Crippen MR) is 71.3 cm³/mol. The molecule has 3 unspecified atom stereocenters. The number of hydrogen-bond donors (Lipinski definition) is 1. The van der Waals surface area contributed by atoms with E-state index in [1.54, 1.807) is 0 Å². The highest BCUT2D eigenvalue weighted by Gasteiger charge is 2.25. The van der Waals surface area contributed by atoms with Crippen LogP contribution in [0.5, 0.6) is 0 Å². The number of piperazine rings is 1. The molecule has 3 atom stereocenters. The Labute approximate surface area is 106 Å². The van der Waals surface area contributed by atoms with Crippen molar-refractivity contribution in [3.63, 3.8) is 0 Å². The first-order valence-electron chi connectivity index (χ1n) is 7.34. The van der Waals surface area contributed by atoms with Gasteiger partial charge in [-0.1, -0.05) is 13.3 Å². The Hall–Kier alpha value is -0.120. The molecule has 2 fully saturated rings. The first-order valence-corrected chi connectivity index (χ1v) is 7.34. The van der Waals surface area contributed by atoms with E-state index in [2.05, 4.69) is 24.1 Å². The lowest BCUT2D eigenvalue weighted by Gasteiger charge is -2.39. The maximum absolute atomic E-state index is 5.45. The van der Waals surface area contributed by atoms with Gasteiger partial charge in [-0.3, -0.25) is 4.90 Å². The first kappa shape index (κ1) is 13.3. The summed E-state index contributed by atoms with van der Waals surface area (Å²) in [5, 5.41) is 3.66. The van der Waals surface area contributed by atoms with Crippen molar-refractivity contribution in [1.82, 2.24) is 10.2 Å². The van der Waals surface area contributed by atoms with Gasteiger partial charge in [0.05, 0.1) is 0 Å². The van der Waals surface area contributed by atoms with Crippen LogP contribution in [0.3, 0.4) is 0 Å². The maximum Gasteiger partial charge on any atom is 0.0495 e. The minimum Gasteiger partial charge on any atom is -0.381 e. The lowest BCUT2D eigenvalue weighted by molar-refractivity contribution is 0.124. The molecule has 3 nitrogen and oxygen atoms in total. The zero-order valence-electron chi connectivity index (χ0n) is 11.5. The highest BCUT2D eigenvalue weighted by Crippen LogP contribution is 2.18. The molecule has 2 heterocycles. The van der Waals surface area contributed by atoms with Gasteiger partial charge >= 0.3 is 0 Å². The third-order valence-corrected chi connectivity index (χ3v) is 4.27. The topological polar surface area (TPSA) is 24.5 Å². The summed E-state index contributed by atoms with van der Waals surface area (Å²) < 4.78 is 5.45. The van der Waals surface area contributed by atoms with Crippen LogP contribution >= 0.6 is 0 Å². The van der Waals surface area contributed by atoms with E-state index in [0.29, 0.717) is 6.04 Å². The van der Waals surface area contributed by atoms with Crippen molar-refractivity contribution >= 4 is 0 Å². The Balaban J connectivity index is 1.72. The van der Waals surface area contributed by atoms with Crippen LogP contribution in [0, 0.1) is 5.92 Å². The van der Waals surface area contributed by atoms with Crippen molar-refractivity contribution in [2.75, 3.05) is 32.8 Å². The molecule has 1 N–H and O–H groups in total. The largest absolute Gasteiger partial charge is 0.381 e. The van der Waals surface area contributed by atoms with Crippen molar-refractivity contribution < 1.29 is 4.74 Å². The summed E-state index contributed by atoms with van der Waals surface area (Å²) in [7, 11) is 0. The molecular formula is C14H28N2O. The molecule has 17 heavy (non-hydrogen) atoms. The van der Waals surface area contributed by atoms with Gasteiger partial charge in [-0.2, -0.15) is 0 Å².